The number of esters is 1. The van der Waals surface area contributed by atoms with Crippen LogP contribution in [-0.4, -0.2) is 39.4 Å². The number of hydrazine groups is 1. The number of halogens is 1. The quantitative estimate of drug-likeness (QED) is 0.425. The molecular formula is C10H14ClN5O4. The Morgan fingerprint density at radius 1 is 1.35 bits per heavy atom. The molecule has 0 saturated heterocycles. The van der Waals surface area contributed by atoms with Crippen LogP contribution >= 0.6 is 11.6 Å². The van der Waals surface area contributed by atoms with Crippen LogP contribution in [0.1, 0.15) is 30.0 Å². The zero-order chi connectivity index (χ0) is 15.1. The fourth-order valence-corrected chi connectivity index (χ4v) is 1.55. The molecule has 0 aliphatic carbocycles. The summed E-state index contributed by atoms with van der Waals surface area (Å²) in [5, 5.41) is 7.31. The molecule has 0 aliphatic rings. The molecule has 1 rings (SSSR count). The second kappa shape index (κ2) is 7.43. The van der Waals surface area contributed by atoms with Crippen LogP contribution in [0.5, 0.6) is 0 Å². The van der Waals surface area contributed by atoms with E-state index < -0.39 is 17.8 Å². The topological polar surface area (TPSA) is 115 Å². The van der Waals surface area contributed by atoms with Gasteiger partial charge in [0.2, 0.25) is 5.91 Å². The second-order valence-electron chi connectivity index (χ2n) is 3.63. The number of nitrogens with zero attached hydrogens (tertiary/aromatic N) is 3. The summed E-state index contributed by atoms with van der Waals surface area (Å²) in [7, 11) is 0. The minimum atomic E-state index is -0.656. The first kappa shape index (κ1) is 15.9. The molecule has 1 aromatic rings. The van der Waals surface area contributed by atoms with Crippen molar-refractivity contribution < 1.29 is 19.1 Å². The minimum absolute atomic E-state index is 0.0332. The fraction of sp³-hybridized carbons (Fsp3) is 0.500. The Hall–Kier alpha value is -2.16. The third-order valence-electron chi connectivity index (χ3n) is 2.10. The highest BCUT2D eigenvalue weighted by Gasteiger charge is 2.21. The maximum absolute atomic E-state index is 11.6. The maximum Gasteiger partial charge on any atom is 0.360 e. The van der Waals surface area contributed by atoms with Crippen LogP contribution in [0.2, 0.25) is 0 Å². The van der Waals surface area contributed by atoms with Gasteiger partial charge in [-0.25, -0.2) is 9.48 Å². The van der Waals surface area contributed by atoms with E-state index in [1.54, 1.807) is 6.92 Å². The normalized spacial score (nSPS) is 9.95. The van der Waals surface area contributed by atoms with E-state index in [2.05, 4.69) is 21.2 Å². The van der Waals surface area contributed by atoms with E-state index in [1.165, 1.54) is 6.92 Å². The smallest absolute Gasteiger partial charge is 0.360 e. The van der Waals surface area contributed by atoms with Crippen molar-refractivity contribution in [2.75, 3.05) is 6.61 Å². The highest BCUT2D eigenvalue weighted by atomic mass is 35.5. The SMILES string of the molecule is CCOC(=O)c1nnn(CC(=O)NNC(C)=O)c1CCl. The zero-order valence-corrected chi connectivity index (χ0v) is 11.7. The van der Waals surface area contributed by atoms with E-state index in [0.29, 0.717) is 0 Å². The number of rotatable bonds is 5. The van der Waals surface area contributed by atoms with Crippen molar-refractivity contribution in [3.63, 3.8) is 0 Å². The van der Waals surface area contributed by atoms with Gasteiger partial charge in [-0.1, -0.05) is 5.21 Å². The highest BCUT2D eigenvalue weighted by Crippen LogP contribution is 2.10. The van der Waals surface area contributed by atoms with E-state index in [-0.39, 0.29) is 30.4 Å². The molecule has 0 unspecified atom stereocenters. The Balaban J connectivity index is 2.78. The number of hydrogen-bond donors (Lipinski definition) is 2. The Kier molecular flexibility index (Phi) is 5.91. The Morgan fingerprint density at radius 3 is 2.60 bits per heavy atom. The average Bonchev–Trinajstić information content (AvgIpc) is 2.79. The average molecular weight is 304 g/mol. The Labute approximate surface area is 119 Å². The number of carbonyl (C=O) groups excluding carboxylic acids is 3. The van der Waals surface area contributed by atoms with Crippen LogP contribution in [0.4, 0.5) is 0 Å². The Morgan fingerprint density at radius 2 is 2.05 bits per heavy atom. The first-order valence-electron chi connectivity index (χ1n) is 5.70. The van der Waals surface area contributed by atoms with Gasteiger partial charge in [-0.05, 0) is 6.92 Å². The fourth-order valence-electron chi connectivity index (χ4n) is 1.28. The van der Waals surface area contributed by atoms with Gasteiger partial charge in [-0.2, -0.15) is 0 Å². The molecule has 0 bridgehead atoms. The van der Waals surface area contributed by atoms with Crippen molar-refractivity contribution in [3.05, 3.63) is 11.4 Å². The lowest BCUT2D eigenvalue weighted by Gasteiger charge is -2.06. The van der Waals surface area contributed by atoms with Gasteiger partial charge in [0.15, 0.2) is 5.69 Å². The summed E-state index contributed by atoms with van der Waals surface area (Å²) in [5.41, 5.74) is 4.52. The van der Waals surface area contributed by atoms with Crippen LogP contribution in [0.3, 0.4) is 0 Å². The lowest BCUT2D eigenvalue weighted by molar-refractivity contribution is -0.128. The van der Waals surface area contributed by atoms with Crippen LogP contribution in [0.25, 0.3) is 0 Å². The van der Waals surface area contributed by atoms with Crippen LogP contribution in [-0.2, 0) is 26.8 Å². The van der Waals surface area contributed by atoms with E-state index >= 15 is 0 Å². The summed E-state index contributed by atoms with van der Waals surface area (Å²) < 4.78 is 5.96. The zero-order valence-electron chi connectivity index (χ0n) is 11.0. The first-order valence-corrected chi connectivity index (χ1v) is 6.23. The molecule has 20 heavy (non-hydrogen) atoms. The number of aromatic nitrogens is 3. The number of ether oxygens (including phenoxy) is 1. The molecule has 0 spiro atoms. The summed E-state index contributed by atoms with van der Waals surface area (Å²) >= 11 is 5.72. The predicted octanol–water partition coefficient (Wildman–Crippen LogP) is -0.639. The lowest BCUT2D eigenvalue weighted by Crippen LogP contribution is -2.42. The van der Waals surface area contributed by atoms with Gasteiger partial charge in [-0.15, -0.1) is 16.7 Å². The molecule has 0 aromatic carbocycles. The number of amides is 2. The number of alkyl halides is 1. The van der Waals surface area contributed by atoms with Gasteiger partial charge in [0, 0.05) is 6.92 Å². The summed E-state index contributed by atoms with van der Waals surface area (Å²) in [5.74, 6) is -1.67. The largest absolute Gasteiger partial charge is 0.461 e. The molecule has 10 heteroatoms. The van der Waals surface area contributed by atoms with Crippen LogP contribution in [0.15, 0.2) is 0 Å². The third kappa shape index (κ3) is 4.19. The standard InChI is InChI=1S/C10H14ClN5O4/c1-3-20-10(19)9-7(4-11)16(15-14-9)5-8(18)13-12-6(2)17/h3-5H2,1-2H3,(H,12,17)(H,13,18). The summed E-state index contributed by atoms with van der Waals surface area (Å²) in [6, 6.07) is 0. The summed E-state index contributed by atoms with van der Waals surface area (Å²) in [4.78, 5) is 33.7. The summed E-state index contributed by atoms with van der Waals surface area (Å²) in [6.45, 7) is 2.85. The van der Waals surface area contributed by atoms with Gasteiger partial charge in [-0.3, -0.25) is 20.4 Å². The molecule has 0 saturated carbocycles. The van der Waals surface area contributed by atoms with Crippen molar-refractivity contribution in [2.24, 2.45) is 0 Å². The molecule has 0 fully saturated rings. The van der Waals surface area contributed by atoms with E-state index in [1.807, 2.05) is 0 Å². The summed E-state index contributed by atoms with van der Waals surface area (Å²) in [6.07, 6.45) is 0. The molecule has 0 atom stereocenters. The van der Waals surface area contributed by atoms with Crippen molar-refractivity contribution in [2.45, 2.75) is 26.3 Å². The Bertz CT molecular complexity index is 516. The number of carbonyl (C=O) groups is 3. The van der Waals surface area contributed by atoms with Gasteiger partial charge < -0.3 is 4.74 Å². The third-order valence-corrected chi connectivity index (χ3v) is 2.36. The van der Waals surface area contributed by atoms with Crippen molar-refractivity contribution in [1.29, 1.82) is 0 Å². The van der Waals surface area contributed by atoms with E-state index in [4.69, 9.17) is 16.3 Å². The molecule has 1 aromatic heterocycles. The number of hydrogen-bond acceptors (Lipinski definition) is 6. The maximum atomic E-state index is 11.6. The molecule has 0 aliphatic heterocycles. The second-order valence-corrected chi connectivity index (χ2v) is 3.89. The van der Waals surface area contributed by atoms with Crippen molar-refractivity contribution in [3.8, 4) is 0 Å². The first-order chi connectivity index (χ1) is 9.49. The number of nitrogens with one attached hydrogen (secondary N) is 2. The van der Waals surface area contributed by atoms with Crippen molar-refractivity contribution >= 4 is 29.4 Å². The molecule has 2 amide bonds. The molecule has 2 N–H and O–H groups in total. The van der Waals surface area contributed by atoms with E-state index in [9.17, 15) is 14.4 Å². The van der Waals surface area contributed by atoms with Crippen LogP contribution in [0, 0.1) is 0 Å². The van der Waals surface area contributed by atoms with E-state index in [0.717, 1.165) is 4.68 Å². The van der Waals surface area contributed by atoms with Crippen LogP contribution < -0.4 is 10.9 Å². The van der Waals surface area contributed by atoms with Crippen molar-refractivity contribution in [1.82, 2.24) is 25.8 Å². The molecular weight excluding hydrogens is 290 g/mol. The monoisotopic (exact) mass is 303 g/mol. The van der Waals surface area contributed by atoms with Gasteiger partial charge in [0.1, 0.15) is 6.54 Å². The lowest BCUT2D eigenvalue weighted by atomic mass is 10.3. The highest BCUT2D eigenvalue weighted by molar-refractivity contribution is 6.17. The molecule has 110 valence electrons. The minimum Gasteiger partial charge on any atom is -0.461 e. The molecule has 9 nitrogen and oxygen atoms in total. The van der Waals surface area contributed by atoms with Gasteiger partial charge >= 0.3 is 5.97 Å². The molecule has 1 heterocycles. The molecule has 0 radical (unpaired) electrons. The van der Waals surface area contributed by atoms with Gasteiger partial charge in [0.25, 0.3) is 5.91 Å². The predicted molar refractivity (Wildman–Crippen MR) is 67.5 cm³/mol. The van der Waals surface area contributed by atoms with Gasteiger partial charge in [0.05, 0.1) is 18.2 Å².